The number of aldehydes is 1. The van der Waals surface area contributed by atoms with Crippen LogP contribution in [0.1, 0.15) is 14.5 Å². The highest BCUT2D eigenvalue weighted by Crippen LogP contribution is 2.30. The van der Waals surface area contributed by atoms with Gasteiger partial charge in [-0.05, 0) is 35.4 Å². The Balaban J connectivity index is 2.51. The zero-order valence-corrected chi connectivity index (χ0v) is 8.74. The van der Waals surface area contributed by atoms with Gasteiger partial charge >= 0.3 is 0 Å². The third-order valence-corrected chi connectivity index (χ3v) is 3.55. The van der Waals surface area contributed by atoms with E-state index in [2.05, 4.69) is 18.4 Å². The van der Waals surface area contributed by atoms with Crippen LogP contribution in [0.15, 0.2) is 22.9 Å². The molecular formula is C10H8OS2. The summed E-state index contributed by atoms with van der Waals surface area (Å²) in [7, 11) is 0. The lowest BCUT2D eigenvalue weighted by atomic mass is 10.1. The van der Waals surface area contributed by atoms with Crippen LogP contribution in [-0.2, 0) is 0 Å². The molecule has 2 heterocycles. The summed E-state index contributed by atoms with van der Waals surface area (Å²) in [6.45, 7) is 2.07. The molecule has 0 bridgehead atoms. The number of carbonyl (C=O) groups is 1. The molecule has 1 nitrogen and oxygen atoms in total. The maximum absolute atomic E-state index is 10.7. The largest absolute Gasteiger partial charge is 0.297 e. The van der Waals surface area contributed by atoms with Crippen molar-refractivity contribution < 1.29 is 4.79 Å². The van der Waals surface area contributed by atoms with Crippen molar-refractivity contribution in [3.63, 3.8) is 0 Å². The maximum atomic E-state index is 10.7. The van der Waals surface area contributed by atoms with Crippen molar-refractivity contribution in [2.45, 2.75) is 6.92 Å². The van der Waals surface area contributed by atoms with Crippen LogP contribution in [-0.4, -0.2) is 6.29 Å². The predicted molar refractivity (Wildman–Crippen MR) is 57.8 cm³/mol. The average Bonchev–Trinajstić information content (AvgIpc) is 2.71. The molecule has 3 heteroatoms. The molecular weight excluding hydrogens is 200 g/mol. The number of rotatable bonds is 2. The van der Waals surface area contributed by atoms with Gasteiger partial charge in [0.1, 0.15) is 0 Å². The van der Waals surface area contributed by atoms with Crippen LogP contribution in [0.2, 0.25) is 0 Å². The molecule has 0 aliphatic carbocycles. The van der Waals surface area contributed by atoms with E-state index in [0.29, 0.717) is 0 Å². The molecule has 0 amide bonds. The quantitative estimate of drug-likeness (QED) is 0.689. The summed E-state index contributed by atoms with van der Waals surface area (Å²) in [4.78, 5) is 12.8. The molecule has 0 aliphatic rings. The van der Waals surface area contributed by atoms with Gasteiger partial charge in [-0.2, -0.15) is 0 Å². The van der Waals surface area contributed by atoms with E-state index >= 15 is 0 Å². The number of thiophene rings is 2. The number of carbonyl (C=O) groups excluding carboxylic acids is 1. The molecule has 0 N–H and O–H groups in total. The van der Waals surface area contributed by atoms with Gasteiger partial charge in [0.05, 0.1) is 4.88 Å². The van der Waals surface area contributed by atoms with Crippen LogP contribution in [0.4, 0.5) is 0 Å². The van der Waals surface area contributed by atoms with Crippen LogP contribution in [0.25, 0.3) is 11.1 Å². The van der Waals surface area contributed by atoms with Crippen LogP contribution in [0.5, 0.6) is 0 Å². The van der Waals surface area contributed by atoms with Gasteiger partial charge in [-0.15, -0.1) is 22.7 Å². The molecule has 0 aliphatic heterocycles. The van der Waals surface area contributed by atoms with Crippen LogP contribution in [0, 0.1) is 6.92 Å². The summed E-state index contributed by atoms with van der Waals surface area (Å²) in [5, 5.41) is 4.04. The maximum Gasteiger partial charge on any atom is 0.160 e. The average molecular weight is 208 g/mol. The van der Waals surface area contributed by atoms with Gasteiger partial charge in [-0.3, -0.25) is 4.79 Å². The molecule has 2 aromatic rings. The molecule has 0 fully saturated rings. The molecule has 13 heavy (non-hydrogen) atoms. The van der Waals surface area contributed by atoms with Crippen LogP contribution in [0.3, 0.4) is 0 Å². The van der Waals surface area contributed by atoms with Gasteiger partial charge in [-0.1, -0.05) is 0 Å². The lowest BCUT2D eigenvalue weighted by Crippen LogP contribution is -1.76. The van der Waals surface area contributed by atoms with E-state index < -0.39 is 0 Å². The minimum atomic E-state index is 0.817. The second-order valence-corrected chi connectivity index (χ2v) is 4.83. The Bertz CT molecular complexity index is 426. The van der Waals surface area contributed by atoms with Crippen LogP contribution >= 0.6 is 22.7 Å². The first-order valence-electron chi connectivity index (χ1n) is 3.89. The second-order valence-electron chi connectivity index (χ2n) is 2.76. The molecule has 0 unspecified atom stereocenters. The van der Waals surface area contributed by atoms with Gasteiger partial charge in [0, 0.05) is 10.4 Å². The van der Waals surface area contributed by atoms with Crippen molar-refractivity contribution in [1.29, 1.82) is 0 Å². The van der Waals surface area contributed by atoms with Crippen molar-refractivity contribution in [1.82, 2.24) is 0 Å². The van der Waals surface area contributed by atoms with Gasteiger partial charge in [0.15, 0.2) is 6.29 Å². The fourth-order valence-corrected chi connectivity index (χ4v) is 2.66. The third kappa shape index (κ3) is 1.57. The molecule has 66 valence electrons. The minimum absolute atomic E-state index is 0.817. The van der Waals surface area contributed by atoms with Crippen molar-refractivity contribution in [2.24, 2.45) is 0 Å². The van der Waals surface area contributed by atoms with E-state index in [0.717, 1.165) is 22.3 Å². The second kappa shape index (κ2) is 3.44. The summed E-state index contributed by atoms with van der Waals surface area (Å²) in [6.07, 6.45) is 0.924. The molecule has 0 aromatic carbocycles. The van der Waals surface area contributed by atoms with E-state index in [1.54, 1.807) is 11.3 Å². The van der Waals surface area contributed by atoms with Crippen molar-refractivity contribution in [3.05, 3.63) is 32.6 Å². The fourth-order valence-electron chi connectivity index (χ4n) is 1.24. The number of hydrogen-bond acceptors (Lipinski definition) is 3. The predicted octanol–water partition coefficient (Wildman–Crippen LogP) is 3.60. The number of hydrogen-bond donors (Lipinski definition) is 0. The highest BCUT2D eigenvalue weighted by molar-refractivity contribution is 7.12. The molecule has 0 radical (unpaired) electrons. The SMILES string of the molecule is Cc1cc(-c2ccsc2C=O)cs1. The Morgan fingerprint density at radius 2 is 2.23 bits per heavy atom. The molecule has 0 spiro atoms. The zero-order valence-electron chi connectivity index (χ0n) is 7.11. The Hall–Kier alpha value is -0.930. The van der Waals surface area contributed by atoms with Gasteiger partial charge in [-0.25, -0.2) is 0 Å². The Kier molecular flexibility index (Phi) is 2.29. The third-order valence-electron chi connectivity index (χ3n) is 1.84. The lowest BCUT2D eigenvalue weighted by Gasteiger charge is -1.92. The normalized spacial score (nSPS) is 10.2. The molecule has 2 rings (SSSR count). The smallest absolute Gasteiger partial charge is 0.160 e. The van der Waals surface area contributed by atoms with E-state index in [4.69, 9.17) is 0 Å². The summed E-state index contributed by atoms with van der Waals surface area (Å²) < 4.78 is 0. The Morgan fingerprint density at radius 1 is 1.38 bits per heavy atom. The standard InChI is InChI=1S/C10H8OS2/c1-7-4-8(6-13-7)9-2-3-12-10(9)5-11/h2-6H,1H3. The molecule has 2 aromatic heterocycles. The first kappa shape index (κ1) is 8.66. The van der Waals surface area contributed by atoms with E-state index in [-0.39, 0.29) is 0 Å². The Morgan fingerprint density at radius 3 is 2.85 bits per heavy atom. The Labute approximate surface area is 84.7 Å². The van der Waals surface area contributed by atoms with Gasteiger partial charge < -0.3 is 0 Å². The lowest BCUT2D eigenvalue weighted by molar-refractivity contribution is 0.112. The summed E-state index contributed by atoms with van der Waals surface area (Å²) in [5.41, 5.74) is 2.22. The van der Waals surface area contributed by atoms with Crippen molar-refractivity contribution in [3.8, 4) is 11.1 Å². The first-order chi connectivity index (χ1) is 6.31. The zero-order chi connectivity index (χ0) is 9.26. The minimum Gasteiger partial charge on any atom is -0.297 e. The van der Waals surface area contributed by atoms with E-state index in [1.807, 2.05) is 11.4 Å². The summed E-state index contributed by atoms with van der Waals surface area (Å²) in [5.74, 6) is 0. The van der Waals surface area contributed by atoms with E-state index in [9.17, 15) is 4.79 Å². The fraction of sp³-hybridized carbons (Fsp3) is 0.100. The highest BCUT2D eigenvalue weighted by atomic mass is 32.1. The topological polar surface area (TPSA) is 17.1 Å². The van der Waals surface area contributed by atoms with Gasteiger partial charge in [0.25, 0.3) is 0 Å². The van der Waals surface area contributed by atoms with E-state index in [1.165, 1.54) is 16.2 Å². The molecule has 0 saturated carbocycles. The first-order valence-corrected chi connectivity index (χ1v) is 5.65. The van der Waals surface area contributed by atoms with Crippen LogP contribution < -0.4 is 0 Å². The summed E-state index contributed by atoms with van der Waals surface area (Å²) >= 11 is 3.20. The van der Waals surface area contributed by atoms with Crippen molar-refractivity contribution >= 4 is 29.0 Å². The highest BCUT2D eigenvalue weighted by Gasteiger charge is 2.06. The summed E-state index contributed by atoms with van der Waals surface area (Å²) in [6, 6.07) is 4.11. The van der Waals surface area contributed by atoms with Crippen molar-refractivity contribution in [2.75, 3.05) is 0 Å². The molecule has 0 atom stereocenters. The van der Waals surface area contributed by atoms with Gasteiger partial charge in [0.2, 0.25) is 0 Å². The number of aryl methyl sites for hydroxylation is 1. The monoisotopic (exact) mass is 208 g/mol. The molecule has 0 saturated heterocycles.